The lowest BCUT2D eigenvalue weighted by Crippen LogP contribution is -1.96. The van der Waals surface area contributed by atoms with Crippen LogP contribution in [0.4, 0.5) is 0 Å². The summed E-state index contributed by atoms with van der Waals surface area (Å²) in [7, 11) is 0. The van der Waals surface area contributed by atoms with Crippen LogP contribution in [-0.2, 0) is 0 Å². The summed E-state index contributed by atoms with van der Waals surface area (Å²) < 4.78 is 0. The number of carbonyl (C=O) groups excluding carboxylic acids is 1. The molecule has 0 bridgehead atoms. The molecule has 0 radical (unpaired) electrons. The fourth-order valence-corrected chi connectivity index (χ4v) is 2.03. The van der Waals surface area contributed by atoms with Gasteiger partial charge in [-0.25, -0.2) is 4.99 Å². The molecule has 0 aliphatic carbocycles. The van der Waals surface area contributed by atoms with Gasteiger partial charge < -0.3 is 0 Å². The Kier molecular flexibility index (Phi) is 4.70. The van der Waals surface area contributed by atoms with Crippen molar-refractivity contribution in [2.24, 2.45) is 4.99 Å². The fraction of sp³-hybridized carbons (Fsp3) is 0.176. The van der Waals surface area contributed by atoms with Crippen molar-refractivity contribution in [3.8, 4) is 0 Å². The molecule has 0 saturated heterocycles. The highest BCUT2D eigenvalue weighted by molar-refractivity contribution is 6.33. The van der Waals surface area contributed by atoms with Gasteiger partial charge in [0.2, 0.25) is 0 Å². The molecule has 0 aliphatic rings. The lowest BCUT2D eigenvalue weighted by molar-refractivity contribution is 0.100. The first kappa shape index (κ1) is 14.5. The molecule has 0 saturated carbocycles. The van der Waals surface area contributed by atoms with Gasteiger partial charge in [-0.15, -0.1) is 0 Å². The van der Waals surface area contributed by atoms with Gasteiger partial charge in [0.15, 0.2) is 0 Å². The van der Waals surface area contributed by atoms with Crippen molar-refractivity contribution >= 4 is 23.7 Å². The second-order valence-electron chi connectivity index (χ2n) is 4.87. The van der Waals surface area contributed by atoms with Crippen LogP contribution >= 0.6 is 11.6 Å². The zero-order chi connectivity index (χ0) is 14.5. The number of hydrogen-bond acceptors (Lipinski definition) is 1. The molecular formula is C17H16ClNO. The molecule has 102 valence electrons. The van der Waals surface area contributed by atoms with Crippen LogP contribution in [0.1, 0.15) is 41.3 Å². The van der Waals surface area contributed by atoms with E-state index in [4.69, 9.17) is 11.6 Å². The Morgan fingerprint density at radius 3 is 2.45 bits per heavy atom. The smallest absolute Gasteiger partial charge is 0.267 e. The van der Waals surface area contributed by atoms with Gasteiger partial charge in [-0.2, -0.15) is 0 Å². The molecule has 0 spiro atoms. The van der Waals surface area contributed by atoms with Crippen molar-refractivity contribution in [1.29, 1.82) is 0 Å². The summed E-state index contributed by atoms with van der Waals surface area (Å²) in [5, 5.41) is 0.612. The molecule has 0 unspecified atom stereocenters. The monoisotopic (exact) mass is 285 g/mol. The summed E-state index contributed by atoms with van der Waals surface area (Å²) in [6.07, 6.45) is 1.52. The minimum Gasteiger partial charge on any atom is -0.267 e. The molecule has 2 aromatic rings. The molecule has 3 heteroatoms. The van der Waals surface area contributed by atoms with Crippen LogP contribution in [-0.4, -0.2) is 12.1 Å². The van der Waals surface area contributed by atoms with Gasteiger partial charge in [0, 0.05) is 22.4 Å². The average Bonchev–Trinajstić information content (AvgIpc) is 2.46. The van der Waals surface area contributed by atoms with Crippen molar-refractivity contribution in [3.05, 3.63) is 70.2 Å². The molecule has 1 amide bonds. The minimum absolute atomic E-state index is 0.269. The minimum atomic E-state index is -0.269. The molecule has 0 aliphatic heterocycles. The summed E-state index contributed by atoms with van der Waals surface area (Å²) in [4.78, 5) is 15.8. The third kappa shape index (κ3) is 3.55. The highest BCUT2D eigenvalue weighted by atomic mass is 35.5. The van der Waals surface area contributed by atoms with E-state index >= 15 is 0 Å². The Morgan fingerprint density at radius 2 is 1.85 bits per heavy atom. The van der Waals surface area contributed by atoms with E-state index in [1.807, 2.05) is 36.4 Å². The summed E-state index contributed by atoms with van der Waals surface area (Å²) in [6, 6.07) is 14.8. The van der Waals surface area contributed by atoms with Gasteiger partial charge in [0.05, 0.1) is 0 Å². The van der Waals surface area contributed by atoms with E-state index < -0.39 is 0 Å². The van der Waals surface area contributed by atoms with Crippen molar-refractivity contribution in [2.45, 2.75) is 19.8 Å². The first-order valence-electron chi connectivity index (χ1n) is 6.51. The van der Waals surface area contributed by atoms with E-state index in [1.165, 1.54) is 11.8 Å². The number of carbonyl (C=O) groups is 1. The number of benzene rings is 2. The maximum Gasteiger partial charge on any atom is 0.276 e. The quantitative estimate of drug-likeness (QED) is 0.750. The van der Waals surface area contributed by atoms with Gasteiger partial charge in [-0.05, 0) is 29.7 Å². The molecule has 0 heterocycles. The van der Waals surface area contributed by atoms with E-state index in [0.29, 0.717) is 16.5 Å². The Balaban J connectivity index is 2.18. The highest BCUT2D eigenvalue weighted by Gasteiger charge is 2.05. The number of aliphatic imine (C=N–C) groups is 1. The predicted octanol–water partition coefficient (Wildman–Crippen LogP) is 4.72. The number of halogens is 1. The first-order chi connectivity index (χ1) is 9.58. The summed E-state index contributed by atoms with van der Waals surface area (Å²) >= 11 is 6.20. The first-order valence-corrected chi connectivity index (χ1v) is 6.88. The zero-order valence-electron chi connectivity index (χ0n) is 11.5. The standard InChI is InChI=1S/C17H16ClNO/c1-12(2)14-8-9-15(16(18)10-14)11-19-17(20)13-6-4-3-5-7-13/h3-12H,1-2H3. The Morgan fingerprint density at radius 1 is 1.15 bits per heavy atom. The summed E-state index contributed by atoms with van der Waals surface area (Å²) in [6.45, 7) is 4.22. The molecule has 0 N–H and O–H groups in total. The van der Waals surface area contributed by atoms with Crippen LogP contribution in [0.2, 0.25) is 5.02 Å². The third-order valence-corrected chi connectivity index (χ3v) is 3.36. The second kappa shape index (κ2) is 6.49. The van der Waals surface area contributed by atoms with E-state index in [9.17, 15) is 4.79 Å². The molecule has 2 rings (SSSR count). The van der Waals surface area contributed by atoms with Gasteiger partial charge in [0.25, 0.3) is 5.91 Å². The number of rotatable bonds is 3. The maximum atomic E-state index is 11.9. The average molecular weight is 286 g/mol. The van der Waals surface area contributed by atoms with Crippen LogP contribution < -0.4 is 0 Å². The summed E-state index contributed by atoms with van der Waals surface area (Å²) in [5.41, 5.74) is 2.49. The lowest BCUT2D eigenvalue weighted by atomic mass is 10.0. The van der Waals surface area contributed by atoms with Crippen LogP contribution in [0, 0.1) is 0 Å². The number of amides is 1. The summed E-state index contributed by atoms with van der Waals surface area (Å²) in [5.74, 6) is 0.152. The van der Waals surface area contributed by atoms with E-state index in [-0.39, 0.29) is 5.91 Å². The van der Waals surface area contributed by atoms with E-state index in [2.05, 4.69) is 18.8 Å². The van der Waals surface area contributed by atoms with Crippen LogP contribution in [0.15, 0.2) is 53.5 Å². The van der Waals surface area contributed by atoms with Crippen molar-refractivity contribution in [3.63, 3.8) is 0 Å². The van der Waals surface area contributed by atoms with Gasteiger partial charge >= 0.3 is 0 Å². The van der Waals surface area contributed by atoms with Gasteiger partial charge in [-0.3, -0.25) is 4.79 Å². The second-order valence-corrected chi connectivity index (χ2v) is 5.27. The largest absolute Gasteiger partial charge is 0.276 e. The molecule has 2 aromatic carbocycles. The molecule has 0 atom stereocenters. The van der Waals surface area contributed by atoms with Crippen molar-refractivity contribution < 1.29 is 4.79 Å². The van der Waals surface area contributed by atoms with Crippen molar-refractivity contribution in [2.75, 3.05) is 0 Å². The predicted molar refractivity (Wildman–Crippen MR) is 83.9 cm³/mol. The fourth-order valence-electron chi connectivity index (χ4n) is 1.79. The van der Waals surface area contributed by atoms with Crippen molar-refractivity contribution in [1.82, 2.24) is 0 Å². The molecule has 0 fully saturated rings. The molecular weight excluding hydrogens is 270 g/mol. The van der Waals surface area contributed by atoms with Gasteiger partial charge in [0.1, 0.15) is 0 Å². The molecule has 2 nitrogen and oxygen atoms in total. The van der Waals surface area contributed by atoms with Crippen LogP contribution in [0.3, 0.4) is 0 Å². The van der Waals surface area contributed by atoms with E-state index in [1.54, 1.807) is 12.1 Å². The Hall–Kier alpha value is -1.93. The molecule has 0 aromatic heterocycles. The third-order valence-electron chi connectivity index (χ3n) is 3.03. The molecule has 20 heavy (non-hydrogen) atoms. The number of nitrogens with zero attached hydrogens (tertiary/aromatic N) is 1. The van der Waals surface area contributed by atoms with Crippen LogP contribution in [0.5, 0.6) is 0 Å². The lowest BCUT2D eigenvalue weighted by Gasteiger charge is -2.06. The SMILES string of the molecule is CC(C)c1ccc(C=NC(=O)c2ccccc2)c(Cl)c1. The normalized spacial score (nSPS) is 11.2. The zero-order valence-corrected chi connectivity index (χ0v) is 12.3. The number of hydrogen-bond donors (Lipinski definition) is 0. The van der Waals surface area contributed by atoms with E-state index in [0.717, 1.165) is 5.56 Å². The highest BCUT2D eigenvalue weighted by Crippen LogP contribution is 2.21. The van der Waals surface area contributed by atoms with Crippen LogP contribution in [0.25, 0.3) is 0 Å². The Bertz CT molecular complexity index is 633. The topological polar surface area (TPSA) is 29.4 Å². The Labute approximate surface area is 124 Å². The van der Waals surface area contributed by atoms with Gasteiger partial charge in [-0.1, -0.05) is 55.8 Å². The maximum absolute atomic E-state index is 11.9.